The summed E-state index contributed by atoms with van der Waals surface area (Å²) in [5.74, 6) is 0.336. The molecule has 5 rings (SSSR count). The van der Waals surface area contributed by atoms with Crippen molar-refractivity contribution in [2.75, 3.05) is 23.8 Å². The standard InChI is InChI=1S/C26H29N7O2/c1-16(2)32-25(35)23-15-28-26(29-20-9-8-18-10-11-27-14-19(18)12-20)30-24(23)33(32)22-7-5-6-21(13-22)31(4)17(3)34/h5-9,12-13,15-16,27H,10-11,14H2,1-4H3,(H,28,29,30). The van der Waals surface area contributed by atoms with Crippen LogP contribution < -0.4 is 21.1 Å². The summed E-state index contributed by atoms with van der Waals surface area (Å²) in [6, 6.07) is 13.7. The Labute approximate surface area is 203 Å². The Morgan fingerprint density at radius 3 is 2.77 bits per heavy atom. The first-order valence-corrected chi connectivity index (χ1v) is 11.8. The van der Waals surface area contributed by atoms with Gasteiger partial charge in [0.05, 0.1) is 5.69 Å². The monoisotopic (exact) mass is 471 g/mol. The van der Waals surface area contributed by atoms with Gasteiger partial charge in [-0.15, -0.1) is 0 Å². The molecule has 0 unspecified atom stereocenters. The van der Waals surface area contributed by atoms with Gasteiger partial charge in [0.2, 0.25) is 11.9 Å². The minimum atomic E-state index is -0.160. The molecule has 0 bridgehead atoms. The van der Waals surface area contributed by atoms with Crippen LogP contribution in [0.25, 0.3) is 16.7 Å². The maximum Gasteiger partial charge on any atom is 0.278 e. The van der Waals surface area contributed by atoms with Crippen molar-refractivity contribution in [2.24, 2.45) is 0 Å². The second-order valence-corrected chi connectivity index (χ2v) is 9.12. The quantitative estimate of drug-likeness (QED) is 0.462. The molecule has 180 valence electrons. The van der Waals surface area contributed by atoms with E-state index < -0.39 is 0 Å². The third-order valence-corrected chi connectivity index (χ3v) is 6.40. The van der Waals surface area contributed by atoms with Crippen molar-refractivity contribution in [3.63, 3.8) is 0 Å². The van der Waals surface area contributed by atoms with Crippen molar-refractivity contribution in [2.45, 2.75) is 39.8 Å². The largest absolute Gasteiger partial charge is 0.324 e. The number of carbonyl (C=O) groups is 1. The van der Waals surface area contributed by atoms with E-state index in [1.165, 1.54) is 18.1 Å². The van der Waals surface area contributed by atoms with Gasteiger partial charge in [-0.05, 0) is 68.3 Å². The summed E-state index contributed by atoms with van der Waals surface area (Å²) >= 11 is 0. The first-order valence-electron chi connectivity index (χ1n) is 11.8. The lowest BCUT2D eigenvalue weighted by Gasteiger charge is -2.19. The number of fused-ring (bicyclic) bond motifs is 2. The molecule has 1 aliphatic heterocycles. The van der Waals surface area contributed by atoms with E-state index in [4.69, 9.17) is 4.98 Å². The zero-order valence-electron chi connectivity index (χ0n) is 20.4. The van der Waals surface area contributed by atoms with E-state index in [2.05, 4.69) is 27.8 Å². The van der Waals surface area contributed by atoms with Gasteiger partial charge in [0.1, 0.15) is 5.39 Å². The van der Waals surface area contributed by atoms with Crippen molar-refractivity contribution in [3.8, 4) is 5.69 Å². The molecule has 0 fully saturated rings. The van der Waals surface area contributed by atoms with Gasteiger partial charge in [-0.25, -0.2) is 14.3 Å². The topological polar surface area (TPSA) is 97.1 Å². The molecule has 0 radical (unpaired) electrons. The molecule has 2 N–H and O–H groups in total. The molecule has 0 saturated carbocycles. The van der Waals surface area contributed by atoms with Crippen LogP contribution in [0.1, 0.15) is 37.9 Å². The van der Waals surface area contributed by atoms with Crippen LogP contribution in [0.15, 0.2) is 53.5 Å². The highest BCUT2D eigenvalue weighted by molar-refractivity contribution is 5.91. The zero-order chi connectivity index (χ0) is 24.7. The maximum atomic E-state index is 13.3. The van der Waals surface area contributed by atoms with Gasteiger partial charge >= 0.3 is 0 Å². The average molecular weight is 472 g/mol. The lowest BCUT2D eigenvalue weighted by atomic mass is 10.0. The van der Waals surface area contributed by atoms with Crippen LogP contribution in [0.5, 0.6) is 0 Å². The van der Waals surface area contributed by atoms with E-state index in [9.17, 15) is 9.59 Å². The Hall–Kier alpha value is -3.98. The van der Waals surface area contributed by atoms with Gasteiger partial charge < -0.3 is 15.5 Å². The molecule has 9 nitrogen and oxygen atoms in total. The average Bonchev–Trinajstić information content (AvgIpc) is 3.15. The van der Waals surface area contributed by atoms with E-state index >= 15 is 0 Å². The number of aromatic nitrogens is 4. The van der Waals surface area contributed by atoms with Gasteiger partial charge in [0, 0.05) is 44.1 Å². The van der Waals surface area contributed by atoms with Crippen molar-refractivity contribution in [3.05, 3.63) is 70.1 Å². The van der Waals surface area contributed by atoms with E-state index in [0.717, 1.165) is 36.6 Å². The van der Waals surface area contributed by atoms with Crippen molar-refractivity contribution in [1.82, 2.24) is 24.6 Å². The predicted octanol–water partition coefficient (Wildman–Crippen LogP) is 3.54. The SMILES string of the molecule is CC(=O)N(C)c1cccc(-n2c3nc(Nc4ccc5c(c4)CNCC5)ncc3c(=O)n2C(C)C)c1. The normalized spacial score (nSPS) is 13.2. The number of benzene rings is 2. The molecule has 2 aromatic heterocycles. The fourth-order valence-corrected chi connectivity index (χ4v) is 4.48. The highest BCUT2D eigenvalue weighted by Gasteiger charge is 2.20. The number of rotatable bonds is 5. The number of hydrogen-bond acceptors (Lipinski definition) is 6. The molecule has 2 aromatic carbocycles. The molecule has 1 aliphatic rings. The lowest BCUT2D eigenvalue weighted by molar-refractivity contribution is -0.116. The Kier molecular flexibility index (Phi) is 5.86. The van der Waals surface area contributed by atoms with Crippen LogP contribution in [-0.4, -0.2) is 38.8 Å². The molecule has 0 aliphatic carbocycles. The molecule has 3 heterocycles. The van der Waals surface area contributed by atoms with Crippen LogP contribution in [-0.2, 0) is 17.8 Å². The minimum Gasteiger partial charge on any atom is -0.324 e. The third-order valence-electron chi connectivity index (χ3n) is 6.40. The molecule has 0 spiro atoms. The second-order valence-electron chi connectivity index (χ2n) is 9.12. The number of amides is 1. The number of hydrogen-bond donors (Lipinski definition) is 2. The number of nitrogens with one attached hydrogen (secondary N) is 2. The van der Waals surface area contributed by atoms with Crippen LogP contribution in [0, 0.1) is 0 Å². The Balaban J connectivity index is 1.62. The van der Waals surface area contributed by atoms with Crippen molar-refractivity contribution >= 4 is 34.3 Å². The maximum absolute atomic E-state index is 13.3. The Morgan fingerprint density at radius 2 is 2.00 bits per heavy atom. The van der Waals surface area contributed by atoms with Gasteiger partial charge in [0.25, 0.3) is 5.56 Å². The van der Waals surface area contributed by atoms with Crippen molar-refractivity contribution < 1.29 is 4.79 Å². The lowest BCUT2D eigenvalue weighted by Crippen LogP contribution is -2.25. The van der Waals surface area contributed by atoms with Crippen LogP contribution in [0.2, 0.25) is 0 Å². The highest BCUT2D eigenvalue weighted by Crippen LogP contribution is 2.25. The first-order chi connectivity index (χ1) is 16.8. The molecule has 0 saturated heterocycles. The summed E-state index contributed by atoms with van der Waals surface area (Å²) in [5.41, 5.74) is 5.32. The fraction of sp³-hybridized carbons (Fsp3) is 0.308. The summed E-state index contributed by atoms with van der Waals surface area (Å²) in [7, 11) is 1.73. The van der Waals surface area contributed by atoms with Gasteiger partial charge in [-0.1, -0.05) is 12.1 Å². The van der Waals surface area contributed by atoms with Gasteiger partial charge in [0.15, 0.2) is 5.65 Å². The van der Waals surface area contributed by atoms with E-state index in [-0.39, 0.29) is 17.5 Å². The molecular formula is C26H29N7O2. The van der Waals surface area contributed by atoms with Crippen LogP contribution in [0.4, 0.5) is 17.3 Å². The molecule has 35 heavy (non-hydrogen) atoms. The molecule has 0 atom stereocenters. The predicted molar refractivity (Wildman–Crippen MR) is 138 cm³/mol. The molecule has 9 heteroatoms. The smallest absolute Gasteiger partial charge is 0.278 e. The summed E-state index contributed by atoms with van der Waals surface area (Å²) < 4.78 is 3.48. The highest BCUT2D eigenvalue weighted by atomic mass is 16.2. The van der Waals surface area contributed by atoms with E-state index in [0.29, 0.717) is 17.0 Å². The number of nitrogens with zero attached hydrogens (tertiary/aromatic N) is 5. The summed E-state index contributed by atoms with van der Waals surface area (Å²) in [4.78, 5) is 36.0. The second kappa shape index (κ2) is 8.99. The van der Waals surface area contributed by atoms with Crippen LogP contribution >= 0.6 is 0 Å². The summed E-state index contributed by atoms with van der Waals surface area (Å²) in [5, 5.41) is 7.13. The Morgan fingerprint density at radius 1 is 1.17 bits per heavy atom. The molecule has 4 aromatic rings. The summed E-state index contributed by atoms with van der Waals surface area (Å²) in [6.07, 6.45) is 2.60. The zero-order valence-corrected chi connectivity index (χ0v) is 20.4. The molecule has 1 amide bonds. The number of anilines is 3. The molecular weight excluding hydrogens is 442 g/mol. The van der Waals surface area contributed by atoms with E-state index in [1.54, 1.807) is 22.8 Å². The third kappa shape index (κ3) is 4.19. The number of carbonyl (C=O) groups excluding carboxylic acids is 1. The van der Waals surface area contributed by atoms with E-state index in [1.807, 2.05) is 48.9 Å². The van der Waals surface area contributed by atoms with Gasteiger partial charge in [-0.3, -0.25) is 9.59 Å². The summed E-state index contributed by atoms with van der Waals surface area (Å²) in [6.45, 7) is 7.26. The van der Waals surface area contributed by atoms with Gasteiger partial charge in [-0.2, -0.15) is 4.98 Å². The minimum absolute atomic E-state index is 0.0742. The fourth-order valence-electron chi connectivity index (χ4n) is 4.48. The Bertz CT molecular complexity index is 1490. The first kappa shape index (κ1) is 22.8. The van der Waals surface area contributed by atoms with Crippen molar-refractivity contribution in [1.29, 1.82) is 0 Å². The van der Waals surface area contributed by atoms with Crippen LogP contribution in [0.3, 0.4) is 0 Å².